The summed E-state index contributed by atoms with van der Waals surface area (Å²) in [5.74, 6) is -3.51. The van der Waals surface area contributed by atoms with E-state index in [0.29, 0.717) is 6.42 Å². The minimum atomic E-state index is -1.15. The van der Waals surface area contributed by atoms with Crippen LogP contribution in [0.1, 0.15) is 43.5 Å². The van der Waals surface area contributed by atoms with Crippen LogP contribution in [0.15, 0.2) is 48.6 Å². The largest absolute Gasteiger partial charge is 0.481 e. The second kappa shape index (κ2) is 11.3. The van der Waals surface area contributed by atoms with Gasteiger partial charge in [-0.15, -0.1) is 0 Å². The van der Waals surface area contributed by atoms with E-state index in [1.165, 1.54) is 0 Å². The highest BCUT2D eigenvalue weighted by Crippen LogP contribution is 2.39. The van der Waals surface area contributed by atoms with E-state index in [1.807, 2.05) is 0 Å². The molecule has 2 aliphatic rings. The Hall–Kier alpha value is -4.48. The van der Waals surface area contributed by atoms with E-state index in [0.717, 1.165) is 11.9 Å². The molecular weight excluding hydrogens is 470 g/mol. The lowest BCUT2D eigenvalue weighted by atomic mass is 9.70. The summed E-state index contributed by atoms with van der Waals surface area (Å²) < 4.78 is 0. The number of amidine groups is 1. The fraction of sp³-hybridized carbons (Fsp3) is 0.333. The van der Waals surface area contributed by atoms with Gasteiger partial charge < -0.3 is 21.3 Å². The number of carboxylic acids is 2. The van der Waals surface area contributed by atoms with Crippen molar-refractivity contribution in [1.82, 2.24) is 10.7 Å². The number of carboxylic acid groups (broad SMARTS) is 2. The molecule has 12 heteroatoms. The van der Waals surface area contributed by atoms with Gasteiger partial charge in [-0.2, -0.15) is 0 Å². The van der Waals surface area contributed by atoms with Gasteiger partial charge in [0.05, 0.1) is 28.6 Å². The minimum absolute atomic E-state index is 0.0812. The Labute approximate surface area is 207 Å². The number of aliphatic carboxylic acids is 2. The van der Waals surface area contributed by atoms with Gasteiger partial charge in [-0.3, -0.25) is 34.8 Å². The lowest BCUT2D eigenvalue weighted by molar-refractivity contribution is -0.137. The van der Waals surface area contributed by atoms with Crippen molar-refractivity contribution >= 4 is 41.2 Å². The van der Waals surface area contributed by atoms with Crippen molar-refractivity contribution in [3.63, 3.8) is 0 Å². The number of nitrogens with two attached hydrogens (primary N) is 1. The molecule has 0 atom stereocenters. The zero-order valence-electron chi connectivity index (χ0n) is 19.9. The van der Waals surface area contributed by atoms with Crippen molar-refractivity contribution in [2.24, 2.45) is 16.6 Å². The smallest absolute Gasteiger partial charge is 0.303 e. The van der Waals surface area contributed by atoms with Gasteiger partial charge >= 0.3 is 5.97 Å². The van der Waals surface area contributed by atoms with Crippen molar-refractivity contribution < 1.29 is 34.2 Å². The van der Waals surface area contributed by atoms with Crippen molar-refractivity contribution in [1.29, 1.82) is 5.41 Å². The van der Waals surface area contributed by atoms with E-state index in [-0.39, 0.29) is 36.5 Å². The van der Waals surface area contributed by atoms with E-state index >= 15 is 0 Å². The Morgan fingerprint density at radius 1 is 1.11 bits per heavy atom. The minimum Gasteiger partial charge on any atom is -0.481 e. The van der Waals surface area contributed by atoms with Gasteiger partial charge in [-0.25, -0.2) is 5.01 Å². The predicted octanol–water partition coefficient (Wildman–Crippen LogP) is 1.19. The van der Waals surface area contributed by atoms with Gasteiger partial charge in [0.1, 0.15) is 5.84 Å². The Kier molecular flexibility index (Phi) is 8.71. The first-order valence-corrected chi connectivity index (χ1v) is 11.1. The normalized spacial score (nSPS) is 22.3. The maximum Gasteiger partial charge on any atom is 0.303 e. The van der Waals surface area contributed by atoms with Gasteiger partial charge in [0.15, 0.2) is 0 Å². The molecule has 0 saturated carbocycles. The van der Waals surface area contributed by atoms with Gasteiger partial charge in [-0.05, 0) is 25.0 Å². The molecule has 0 spiro atoms. The number of anilines is 1. The quantitative estimate of drug-likeness (QED) is 0.182. The molecule has 0 saturated heterocycles. The monoisotopic (exact) mass is 499 g/mol. The zero-order chi connectivity index (χ0) is 27.1. The fourth-order valence-corrected chi connectivity index (χ4v) is 3.70. The summed E-state index contributed by atoms with van der Waals surface area (Å²) in [6, 6.07) is 6.44. The summed E-state index contributed by atoms with van der Waals surface area (Å²) >= 11 is 0. The molecule has 1 aromatic carbocycles. The van der Waals surface area contributed by atoms with Gasteiger partial charge in [-0.1, -0.05) is 43.4 Å². The van der Waals surface area contributed by atoms with E-state index in [1.54, 1.807) is 55.5 Å². The number of carbonyl (C=O) groups excluding carboxylic acids is 3. The summed E-state index contributed by atoms with van der Waals surface area (Å²) in [4.78, 5) is 58.2. The van der Waals surface area contributed by atoms with Gasteiger partial charge in [0, 0.05) is 13.3 Å². The van der Waals surface area contributed by atoms with Crippen LogP contribution < -0.4 is 21.5 Å². The number of nitrogens with one attached hydrogen (secondary N) is 3. The number of hydrogen-bond donors (Lipinski definition) is 6. The molecule has 192 valence electrons. The number of rotatable bonds is 7. The predicted molar refractivity (Wildman–Crippen MR) is 130 cm³/mol. The number of nitrogens with zero attached hydrogens (tertiary/aromatic N) is 1. The maximum atomic E-state index is 13.3. The Bertz CT molecular complexity index is 1120. The summed E-state index contributed by atoms with van der Waals surface area (Å²) in [6.45, 7) is 2.59. The molecule has 0 aromatic heterocycles. The first-order chi connectivity index (χ1) is 16.9. The first-order valence-electron chi connectivity index (χ1n) is 11.1. The second-order valence-electron chi connectivity index (χ2n) is 8.30. The topological polar surface area (TPSA) is 203 Å². The molecule has 0 unspecified atom stereocenters. The number of para-hydroxylation sites is 1. The molecule has 3 rings (SSSR count). The third kappa shape index (κ3) is 6.14. The van der Waals surface area contributed by atoms with Gasteiger partial charge in [0.2, 0.25) is 0 Å². The molecule has 0 radical (unpaired) electrons. The third-order valence-electron chi connectivity index (χ3n) is 5.87. The highest BCUT2D eigenvalue weighted by molar-refractivity contribution is 6.10. The highest BCUT2D eigenvalue weighted by atomic mass is 16.4. The molecular formula is C24H29N5O7. The van der Waals surface area contributed by atoms with E-state index in [9.17, 15) is 19.2 Å². The Morgan fingerprint density at radius 2 is 1.67 bits per heavy atom. The average Bonchev–Trinajstić information content (AvgIpc) is 2.94. The number of amides is 3. The standard InChI is InChI=1S/C22H25N5O5.C2H4O2/c1-2-21(9-11-22(12-10-21,19(23)24)8-7-17(29)30)20(32)26-27-15-6-4-3-5-14(15)18(31)25-13-16(27)28;1-2(3)4/h3-6,9-12H,2,7-8,13H2,1H3,(H3,23,24)(H,25,31)(H,26,32)(H,29,30);1H3,(H,3,4). The molecule has 7 N–H and O–H groups in total. The summed E-state index contributed by atoms with van der Waals surface area (Å²) in [7, 11) is 0. The number of benzene rings is 1. The van der Waals surface area contributed by atoms with Crippen LogP contribution >= 0.6 is 0 Å². The molecule has 36 heavy (non-hydrogen) atoms. The zero-order valence-corrected chi connectivity index (χ0v) is 19.9. The number of fused-ring (bicyclic) bond motifs is 1. The molecule has 1 aromatic rings. The first kappa shape index (κ1) is 27.8. The number of hydrogen-bond acceptors (Lipinski definition) is 6. The second-order valence-corrected chi connectivity index (χ2v) is 8.30. The molecule has 0 bridgehead atoms. The van der Waals surface area contributed by atoms with Crippen molar-refractivity contribution in [2.45, 2.75) is 33.1 Å². The van der Waals surface area contributed by atoms with Gasteiger partial charge in [0.25, 0.3) is 23.7 Å². The van der Waals surface area contributed by atoms with Crippen LogP contribution in [0.3, 0.4) is 0 Å². The summed E-state index contributed by atoms with van der Waals surface area (Å²) in [5.41, 5.74) is 6.63. The van der Waals surface area contributed by atoms with Crippen LogP contribution in [0, 0.1) is 16.2 Å². The third-order valence-corrected chi connectivity index (χ3v) is 5.87. The van der Waals surface area contributed by atoms with Crippen LogP contribution in [0.4, 0.5) is 5.69 Å². The maximum absolute atomic E-state index is 13.3. The van der Waals surface area contributed by atoms with Crippen molar-refractivity contribution in [3.8, 4) is 0 Å². The number of carbonyl (C=O) groups is 5. The molecule has 12 nitrogen and oxygen atoms in total. The summed E-state index contributed by atoms with van der Waals surface area (Å²) in [5, 5.41) is 27.9. The van der Waals surface area contributed by atoms with Crippen LogP contribution in [-0.4, -0.2) is 52.3 Å². The summed E-state index contributed by atoms with van der Waals surface area (Å²) in [6.07, 6.45) is 6.54. The molecule has 0 fully saturated rings. The average molecular weight is 500 g/mol. The lowest BCUT2D eigenvalue weighted by Crippen LogP contribution is -2.53. The Morgan fingerprint density at radius 3 is 2.19 bits per heavy atom. The molecule has 3 amide bonds. The van der Waals surface area contributed by atoms with E-state index in [4.69, 9.17) is 26.2 Å². The van der Waals surface area contributed by atoms with Crippen molar-refractivity contribution in [2.75, 3.05) is 11.6 Å². The van der Waals surface area contributed by atoms with Crippen LogP contribution in [0.25, 0.3) is 0 Å². The van der Waals surface area contributed by atoms with Crippen LogP contribution in [-0.2, 0) is 19.2 Å². The molecule has 1 aliphatic heterocycles. The van der Waals surface area contributed by atoms with E-state index < -0.39 is 40.5 Å². The lowest BCUT2D eigenvalue weighted by Gasteiger charge is -2.36. The van der Waals surface area contributed by atoms with Crippen LogP contribution in [0.2, 0.25) is 0 Å². The van der Waals surface area contributed by atoms with Crippen LogP contribution in [0.5, 0.6) is 0 Å². The molecule has 1 heterocycles. The van der Waals surface area contributed by atoms with E-state index in [2.05, 4.69) is 10.7 Å². The SMILES string of the molecule is CC(=O)O.CCC1(C(=O)NN2C(=O)CNC(=O)c3ccccc32)C=CC(CCC(=O)O)(C(=N)N)C=C1. The fourth-order valence-electron chi connectivity index (χ4n) is 3.70. The van der Waals surface area contributed by atoms with Crippen molar-refractivity contribution in [3.05, 3.63) is 54.1 Å². The number of hydrazine groups is 1. The molecule has 1 aliphatic carbocycles. The Balaban J connectivity index is 0.00000106. The highest BCUT2D eigenvalue weighted by Gasteiger charge is 2.41.